The summed E-state index contributed by atoms with van der Waals surface area (Å²) in [4.78, 5) is 24.6. The van der Waals surface area contributed by atoms with Crippen LogP contribution in [0.3, 0.4) is 0 Å². The standard InChI is InChI=1S/C16H21NO5/c1-13(18)21-11-15(14-5-3-2-4-6-14)12-22-16(19)17-7-9-20-10-8-17/h2-6,15H,7-12H2,1H3. The van der Waals surface area contributed by atoms with Gasteiger partial charge in [0.25, 0.3) is 0 Å². The summed E-state index contributed by atoms with van der Waals surface area (Å²) in [7, 11) is 0. The zero-order chi connectivity index (χ0) is 15.8. The average Bonchev–Trinajstić information content (AvgIpc) is 2.56. The minimum Gasteiger partial charge on any atom is -0.465 e. The Bertz CT molecular complexity index is 485. The molecule has 0 aromatic heterocycles. The van der Waals surface area contributed by atoms with E-state index in [9.17, 15) is 9.59 Å². The molecule has 1 amide bonds. The highest BCUT2D eigenvalue weighted by atomic mass is 16.6. The fourth-order valence-corrected chi connectivity index (χ4v) is 2.19. The molecule has 0 saturated carbocycles. The van der Waals surface area contributed by atoms with Crippen LogP contribution in [0.1, 0.15) is 18.4 Å². The van der Waals surface area contributed by atoms with Gasteiger partial charge in [-0.3, -0.25) is 4.79 Å². The van der Waals surface area contributed by atoms with E-state index in [1.807, 2.05) is 30.3 Å². The molecule has 1 aromatic carbocycles. The van der Waals surface area contributed by atoms with Gasteiger partial charge in [-0.1, -0.05) is 30.3 Å². The van der Waals surface area contributed by atoms with E-state index in [-0.39, 0.29) is 31.2 Å². The minimum atomic E-state index is -0.355. The number of hydrogen-bond donors (Lipinski definition) is 0. The molecule has 0 N–H and O–H groups in total. The number of ether oxygens (including phenoxy) is 3. The molecule has 120 valence electrons. The Morgan fingerprint density at radius 2 is 1.77 bits per heavy atom. The maximum atomic E-state index is 12.0. The quantitative estimate of drug-likeness (QED) is 0.776. The van der Waals surface area contributed by atoms with Crippen molar-refractivity contribution in [1.82, 2.24) is 4.90 Å². The molecule has 1 atom stereocenters. The van der Waals surface area contributed by atoms with E-state index in [1.165, 1.54) is 6.92 Å². The van der Waals surface area contributed by atoms with E-state index < -0.39 is 0 Å². The second-order valence-electron chi connectivity index (χ2n) is 5.09. The molecule has 1 saturated heterocycles. The highest BCUT2D eigenvalue weighted by molar-refractivity contribution is 5.68. The van der Waals surface area contributed by atoms with E-state index in [2.05, 4.69) is 0 Å². The van der Waals surface area contributed by atoms with Gasteiger partial charge in [-0.15, -0.1) is 0 Å². The van der Waals surface area contributed by atoms with Gasteiger partial charge in [0.1, 0.15) is 13.2 Å². The first-order valence-corrected chi connectivity index (χ1v) is 7.34. The van der Waals surface area contributed by atoms with Gasteiger partial charge in [-0.25, -0.2) is 4.79 Å². The highest BCUT2D eigenvalue weighted by Crippen LogP contribution is 2.17. The molecule has 0 aliphatic carbocycles. The number of hydrogen-bond acceptors (Lipinski definition) is 5. The molecule has 2 rings (SSSR count). The van der Waals surface area contributed by atoms with Crippen LogP contribution < -0.4 is 0 Å². The number of carbonyl (C=O) groups is 2. The van der Waals surface area contributed by atoms with Crippen LogP contribution in [0.5, 0.6) is 0 Å². The number of benzene rings is 1. The van der Waals surface area contributed by atoms with Crippen LogP contribution >= 0.6 is 0 Å². The Hall–Kier alpha value is -2.08. The van der Waals surface area contributed by atoms with Gasteiger partial charge < -0.3 is 19.1 Å². The molecule has 1 unspecified atom stereocenters. The number of nitrogens with zero attached hydrogens (tertiary/aromatic N) is 1. The SMILES string of the molecule is CC(=O)OCC(COC(=O)N1CCOCC1)c1ccccc1. The van der Waals surface area contributed by atoms with Crippen molar-refractivity contribution in [1.29, 1.82) is 0 Å². The van der Waals surface area contributed by atoms with Crippen LogP contribution in [-0.4, -0.2) is 56.5 Å². The second-order valence-corrected chi connectivity index (χ2v) is 5.09. The first-order valence-electron chi connectivity index (χ1n) is 7.34. The molecule has 1 aliphatic heterocycles. The molecule has 6 heteroatoms. The van der Waals surface area contributed by atoms with Crippen LogP contribution in [0, 0.1) is 0 Å². The summed E-state index contributed by atoms with van der Waals surface area (Å²) in [5.41, 5.74) is 0.971. The number of esters is 1. The minimum absolute atomic E-state index is 0.171. The molecule has 22 heavy (non-hydrogen) atoms. The van der Waals surface area contributed by atoms with Gasteiger partial charge in [-0.05, 0) is 5.56 Å². The van der Waals surface area contributed by atoms with Crippen molar-refractivity contribution in [3.8, 4) is 0 Å². The Morgan fingerprint density at radius 1 is 1.14 bits per heavy atom. The number of amides is 1. The topological polar surface area (TPSA) is 65.1 Å². The molecule has 1 fully saturated rings. The van der Waals surface area contributed by atoms with Crippen LogP contribution in [-0.2, 0) is 19.0 Å². The summed E-state index contributed by atoms with van der Waals surface area (Å²) in [6, 6.07) is 9.57. The predicted molar refractivity (Wildman–Crippen MR) is 79.6 cm³/mol. The van der Waals surface area contributed by atoms with Gasteiger partial charge in [-0.2, -0.15) is 0 Å². The van der Waals surface area contributed by atoms with E-state index in [0.717, 1.165) is 5.56 Å². The van der Waals surface area contributed by atoms with Crippen LogP contribution in [0.4, 0.5) is 4.79 Å². The van der Waals surface area contributed by atoms with Crippen molar-refractivity contribution in [2.45, 2.75) is 12.8 Å². The Kier molecular flexibility index (Phi) is 6.21. The fourth-order valence-electron chi connectivity index (χ4n) is 2.19. The monoisotopic (exact) mass is 307 g/mol. The van der Waals surface area contributed by atoms with E-state index in [4.69, 9.17) is 14.2 Å². The zero-order valence-electron chi connectivity index (χ0n) is 12.7. The van der Waals surface area contributed by atoms with Crippen LogP contribution in [0.2, 0.25) is 0 Å². The van der Waals surface area contributed by atoms with Gasteiger partial charge >= 0.3 is 12.1 Å². The Labute approximate surface area is 129 Å². The Balaban J connectivity index is 1.91. The number of morpholine rings is 1. The van der Waals surface area contributed by atoms with Crippen molar-refractivity contribution < 1.29 is 23.8 Å². The van der Waals surface area contributed by atoms with E-state index in [0.29, 0.717) is 26.3 Å². The van der Waals surface area contributed by atoms with Crippen molar-refractivity contribution in [3.63, 3.8) is 0 Å². The van der Waals surface area contributed by atoms with Gasteiger partial charge in [0.15, 0.2) is 0 Å². The summed E-state index contributed by atoms with van der Waals surface area (Å²) < 4.78 is 15.6. The largest absolute Gasteiger partial charge is 0.465 e. The molecule has 0 spiro atoms. The second kappa shape index (κ2) is 8.38. The lowest BCUT2D eigenvalue weighted by Crippen LogP contribution is -2.41. The summed E-state index contributed by atoms with van der Waals surface area (Å²) in [6.07, 6.45) is -0.355. The average molecular weight is 307 g/mol. The highest BCUT2D eigenvalue weighted by Gasteiger charge is 2.21. The smallest absolute Gasteiger partial charge is 0.409 e. The third-order valence-electron chi connectivity index (χ3n) is 3.44. The maximum absolute atomic E-state index is 12.0. The van der Waals surface area contributed by atoms with Gasteiger partial charge in [0.2, 0.25) is 0 Å². The molecule has 1 heterocycles. The van der Waals surface area contributed by atoms with Crippen LogP contribution in [0.25, 0.3) is 0 Å². The summed E-state index contributed by atoms with van der Waals surface area (Å²) in [6.45, 7) is 3.87. The maximum Gasteiger partial charge on any atom is 0.409 e. The number of carbonyl (C=O) groups excluding carboxylic acids is 2. The summed E-state index contributed by atoms with van der Waals surface area (Å²) in [5.74, 6) is -0.518. The predicted octanol–water partition coefficient (Wildman–Crippen LogP) is 1.80. The number of rotatable bonds is 5. The molecule has 0 radical (unpaired) electrons. The third kappa shape index (κ3) is 5.04. The summed E-state index contributed by atoms with van der Waals surface area (Å²) >= 11 is 0. The molecular formula is C16H21NO5. The van der Waals surface area contributed by atoms with Gasteiger partial charge in [0.05, 0.1) is 19.1 Å². The van der Waals surface area contributed by atoms with Crippen molar-refractivity contribution in [3.05, 3.63) is 35.9 Å². The normalized spacial score (nSPS) is 16.0. The van der Waals surface area contributed by atoms with Crippen molar-refractivity contribution in [2.75, 3.05) is 39.5 Å². The summed E-state index contributed by atoms with van der Waals surface area (Å²) in [5, 5.41) is 0. The third-order valence-corrected chi connectivity index (χ3v) is 3.44. The fraction of sp³-hybridized carbons (Fsp3) is 0.500. The Morgan fingerprint density at radius 3 is 2.41 bits per heavy atom. The van der Waals surface area contributed by atoms with Crippen molar-refractivity contribution >= 4 is 12.1 Å². The first-order chi connectivity index (χ1) is 10.7. The first kappa shape index (κ1) is 16.3. The molecular weight excluding hydrogens is 286 g/mol. The lowest BCUT2D eigenvalue weighted by molar-refractivity contribution is -0.141. The van der Waals surface area contributed by atoms with Crippen molar-refractivity contribution in [2.24, 2.45) is 0 Å². The van der Waals surface area contributed by atoms with E-state index in [1.54, 1.807) is 4.90 Å². The van der Waals surface area contributed by atoms with Gasteiger partial charge in [0, 0.05) is 20.0 Å². The molecule has 0 bridgehead atoms. The molecule has 1 aromatic rings. The lowest BCUT2D eigenvalue weighted by Gasteiger charge is -2.27. The molecule has 6 nitrogen and oxygen atoms in total. The molecule has 1 aliphatic rings. The van der Waals surface area contributed by atoms with E-state index >= 15 is 0 Å². The zero-order valence-corrected chi connectivity index (χ0v) is 12.7. The lowest BCUT2D eigenvalue weighted by atomic mass is 10.0. The van der Waals surface area contributed by atoms with Crippen LogP contribution in [0.15, 0.2) is 30.3 Å².